The Balaban J connectivity index is 1.99. The molecule has 0 unspecified atom stereocenters. The van der Waals surface area contributed by atoms with Crippen LogP contribution in [0.3, 0.4) is 0 Å². The predicted octanol–water partition coefficient (Wildman–Crippen LogP) is 5.86. The van der Waals surface area contributed by atoms with Gasteiger partial charge in [0.2, 0.25) is 0 Å². The van der Waals surface area contributed by atoms with Crippen molar-refractivity contribution in [3.05, 3.63) is 64.7 Å². The molecule has 0 aliphatic carbocycles. The first-order valence-corrected chi connectivity index (χ1v) is 8.80. The highest BCUT2D eigenvalue weighted by Gasteiger charge is 2.38. The molecule has 0 bridgehead atoms. The summed E-state index contributed by atoms with van der Waals surface area (Å²) in [6.45, 7) is -6.58. The van der Waals surface area contributed by atoms with Gasteiger partial charge in [0, 0.05) is 16.3 Å². The number of carbonyl (C=O) groups is 1. The van der Waals surface area contributed by atoms with Crippen molar-refractivity contribution >= 4 is 34.0 Å². The molecule has 1 aliphatic rings. The minimum Gasteiger partial charge on any atom is -0.434 e. The van der Waals surface area contributed by atoms with Crippen molar-refractivity contribution in [1.29, 1.82) is 0 Å². The molecule has 0 saturated heterocycles. The number of nitrogens with zero attached hydrogens (tertiary/aromatic N) is 1. The lowest BCUT2D eigenvalue weighted by Gasteiger charge is -2.17. The molecule has 0 fully saturated rings. The van der Waals surface area contributed by atoms with Crippen molar-refractivity contribution < 1.29 is 31.8 Å². The number of benzene rings is 3. The number of halogens is 5. The molecular formula is C20H12ClF4NO3. The summed E-state index contributed by atoms with van der Waals surface area (Å²) in [7, 11) is 0. The monoisotopic (exact) mass is 425 g/mol. The molecule has 4 rings (SSSR count). The molecule has 0 saturated carbocycles. The van der Waals surface area contributed by atoms with E-state index in [-0.39, 0.29) is 45.0 Å². The smallest absolute Gasteiger partial charge is 0.387 e. The average Bonchev–Trinajstić information content (AvgIpc) is 3.01. The second-order valence-corrected chi connectivity index (χ2v) is 6.56. The maximum Gasteiger partial charge on any atom is 0.387 e. The van der Waals surface area contributed by atoms with E-state index in [9.17, 15) is 22.4 Å². The van der Waals surface area contributed by atoms with Crippen LogP contribution in [-0.2, 0) is 6.54 Å². The van der Waals surface area contributed by atoms with Crippen molar-refractivity contribution in [1.82, 2.24) is 0 Å². The van der Waals surface area contributed by atoms with E-state index >= 15 is 0 Å². The molecule has 3 aromatic carbocycles. The molecule has 3 aromatic rings. The fourth-order valence-corrected chi connectivity index (χ4v) is 3.71. The van der Waals surface area contributed by atoms with E-state index in [0.717, 1.165) is 0 Å². The number of para-hydroxylation sites is 1. The highest BCUT2D eigenvalue weighted by molar-refractivity contribution is 6.34. The molecule has 1 heterocycles. The van der Waals surface area contributed by atoms with Gasteiger partial charge in [0.15, 0.2) is 0 Å². The van der Waals surface area contributed by atoms with E-state index in [0.29, 0.717) is 5.69 Å². The van der Waals surface area contributed by atoms with Crippen molar-refractivity contribution in [2.24, 2.45) is 0 Å². The van der Waals surface area contributed by atoms with Crippen LogP contribution in [0.4, 0.5) is 23.2 Å². The van der Waals surface area contributed by atoms with Gasteiger partial charge in [-0.25, -0.2) is 0 Å². The van der Waals surface area contributed by atoms with Crippen molar-refractivity contribution in [2.75, 3.05) is 4.90 Å². The summed E-state index contributed by atoms with van der Waals surface area (Å²) in [6.07, 6.45) is 0. The van der Waals surface area contributed by atoms with Gasteiger partial charge in [-0.3, -0.25) is 4.79 Å². The maximum atomic E-state index is 13.1. The van der Waals surface area contributed by atoms with Gasteiger partial charge in [0.05, 0.1) is 22.8 Å². The Morgan fingerprint density at radius 3 is 2.03 bits per heavy atom. The lowest BCUT2D eigenvalue weighted by Crippen LogP contribution is -2.23. The van der Waals surface area contributed by atoms with Gasteiger partial charge < -0.3 is 14.4 Å². The Morgan fingerprint density at radius 1 is 0.862 bits per heavy atom. The van der Waals surface area contributed by atoms with E-state index in [1.807, 2.05) is 0 Å². The van der Waals surface area contributed by atoms with E-state index in [2.05, 4.69) is 4.74 Å². The van der Waals surface area contributed by atoms with Crippen molar-refractivity contribution in [3.8, 4) is 11.5 Å². The second kappa shape index (κ2) is 7.44. The Bertz CT molecular complexity index is 1110. The third-order valence-electron chi connectivity index (χ3n) is 4.55. The topological polar surface area (TPSA) is 38.8 Å². The highest BCUT2D eigenvalue weighted by atomic mass is 35.5. The fourth-order valence-electron chi connectivity index (χ4n) is 3.47. The van der Waals surface area contributed by atoms with Gasteiger partial charge in [-0.15, -0.1) is 0 Å². The largest absolute Gasteiger partial charge is 0.434 e. The zero-order valence-electron chi connectivity index (χ0n) is 14.5. The van der Waals surface area contributed by atoms with Gasteiger partial charge >= 0.3 is 13.2 Å². The first-order valence-electron chi connectivity index (χ1n) is 8.42. The quantitative estimate of drug-likeness (QED) is 0.481. The van der Waals surface area contributed by atoms with Crippen LogP contribution in [0.5, 0.6) is 11.5 Å². The number of alkyl halides is 4. The molecule has 150 valence electrons. The third-order valence-corrected chi connectivity index (χ3v) is 4.87. The normalized spacial score (nSPS) is 13.5. The van der Waals surface area contributed by atoms with Crippen LogP contribution in [0.1, 0.15) is 15.9 Å². The van der Waals surface area contributed by atoms with Crippen LogP contribution in [0.15, 0.2) is 48.5 Å². The number of hydrogen-bond acceptors (Lipinski definition) is 3. The van der Waals surface area contributed by atoms with Crippen molar-refractivity contribution in [3.63, 3.8) is 0 Å². The predicted molar refractivity (Wildman–Crippen MR) is 99.2 cm³/mol. The molecule has 0 aromatic heterocycles. The lowest BCUT2D eigenvalue weighted by molar-refractivity contribution is -0.0519. The highest BCUT2D eigenvalue weighted by Crippen LogP contribution is 2.47. The summed E-state index contributed by atoms with van der Waals surface area (Å²) in [5.74, 6) is -1.34. The minimum absolute atomic E-state index is 0.0320. The first-order chi connectivity index (χ1) is 13.9. The fraction of sp³-hybridized carbons (Fsp3) is 0.150. The lowest BCUT2D eigenvalue weighted by atomic mass is 9.99. The molecule has 0 N–H and O–H groups in total. The molecule has 29 heavy (non-hydrogen) atoms. The molecule has 0 atom stereocenters. The van der Waals surface area contributed by atoms with Crippen LogP contribution in [0.2, 0.25) is 5.02 Å². The third kappa shape index (κ3) is 3.33. The second-order valence-electron chi connectivity index (χ2n) is 6.16. The summed E-state index contributed by atoms with van der Waals surface area (Å²) in [6, 6.07) is 12.3. The van der Waals surface area contributed by atoms with E-state index in [1.54, 1.807) is 30.3 Å². The number of fused-ring (bicyclic) bond motifs is 2. The summed E-state index contributed by atoms with van der Waals surface area (Å²) < 4.78 is 61.8. The van der Waals surface area contributed by atoms with Crippen molar-refractivity contribution in [2.45, 2.75) is 19.8 Å². The number of ether oxygens (including phenoxy) is 2. The van der Waals surface area contributed by atoms with Crippen LogP contribution >= 0.6 is 11.6 Å². The van der Waals surface area contributed by atoms with Crippen LogP contribution < -0.4 is 14.4 Å². The molecule has 1 amide bonds. The van der Waals surface area contributed by atoms with Gasteiger partial charge in [0.25, 0.3) is 5.91 Å². The zero-order valence-corrected chi connectivity index (χ0v) is 15.3. The molecule has 4 nitrogen and oxygen atoms in total. The SMILES string of the molecule is O=C1c2c(c(OC(F)F)c3ccccc3c2OC(F)F)CN1c1ccccc1Cl. The molecule has 9 heteroatoms. The van der Waals surface area contributed by atoms with Gasteiger partial charge in [-0.2, -0.15) is 17.6 Å². The minimum atomic E-state index is -3.22. The van der Waals surface area contributed by atoms with Crippen LogP contribution in [0.25, 0.3) is 10.8 Å². The Kier molecular flexibility index (Phi) is 4.96. The number of amides is 1. The van der Waals surface area contributed by atoms with Gasteiger partial charge in [-0.1, -0.05) is 48.0 Å². The van der Waals surface area contributed by atoms with E-state index in [4.69, 9.17) is 16.3 Å². The Hall–Kier alpha value is -3.00. The Morgan fingerprint density at radius 2 is 1.41 bits per heavy atom. The number of carbonyl (C=O) groups excluding carboxylic acids is 1. The summed E-state index contributed by atoms with van der Waals surface area (Å²) >= 11 is 6.17. The zero-order chi connectivity index (χ0) is 20.7. The number of rotatable bonds is 5. The first kappa shape index (κ1) is 19.3. The van der Waals surface area contributed by atoms with Gasteiger partial charge in [-0.05, 0) is 12.1 Å². The van der Waals surface area contributed by atoms with Crippen LogP contribution in [0, 0.1) is 0 Å². The number of anilines is 1. The Labute approximate surface area is 167 Å². The maximum absolute atomic E-state index is 13.1. The molecule has 0 spiro atoms. The molecule has 1 aliphatic heterocycles. The average molecular weight is 426 g/mol. The number of hydrogen-bond donors (Lipinski definition) is 0. The van der Waals surface area contributed by atoms with Gasteiger partial charge in [0.1, 0.15) is 11.5 Å². The summed E-state index contributed by atoms with van der Waals surface area (Å²) in [4.78, 5) is 14.3. The standard InChI is InChI=1S/C20H12ClF4NO3/c21-13-7-3-4-8-14(13)26-9-12-15(18(26)27)17(29-20(24)25)11-6-2-1-5-10(11)16(12)28-19(22)23/h1-8,19-20H,9H2. The van der Waals surface area contributed by atoms with Crippen LogP contribution in [-0.4, -0.2) is 19.1 Å². The van der Waals surface area contributed by atoms with E-state index < -0.39 is 19.1 Å². The van der Waals surface area contributed by atoms with E-state index in [1.165, 1.54) is 23.1 Å². The molecule has 0 radical (unpaired) electrons. The summed E-state index contributed by atoms with van der Waals surface area (Å²) in [5, 5.41) is 0.443. The summed E-state index contributed by atoms with van der Waals surface area (Å²) in [5.41, 5.74) is 0.0922. The molecular weight excluding hydrogens is 414 g/mol.